The van der Waals surface area contributed by atoms with Crippen LogP contribution in [0.4, 0.5) is 0 Å². The van der Waals surface area contributed by atoms with Crippen LogP contribution in [0.2, 0.25) is 0 Å². The lowest BCUT2D eigenvalue weighted by Crippen LogP contribution is -2.32. The number of ether oxygens (including phenoxy) is 2. The van der Waals surface area contributed by atoms with Crippen molar-refractivity contribution in [3.05, 3.63) is 29.8 Å². The summed E-state index contributed by atoms with van der Waals surface area (Å²) in [7, 11) is 1.44. The van der Waals surface area contributed by atoms with Gasteiger partial charge in [0.2, 0.25) is 0 Å². The van der Waals surface area contributed by atoms with E-state index >= 15 is 0 Å². The Kier molecular flexibility index (Phi) is 4.80. The van der Waals surface area contributed by atoms with Crippen LogP contribution in [0, 0.1) is 0 Å². The van der Waals surface area contributed by atoms with Crippen molar-refractivity contribution in [3.8, 4) is 5.75 Å². The van der Waals surface area contributed by atoms with Gasteiger partial charge in [0.15, 0.2) is 0 Å². The molecule has 4 nitrogen and oxygen atoms in total. The molecule has 1 saturated heterocycles. The first-order chi connectivity index (χ1) is 9.26. The van der Waals surface area contributed by atoms with Crippen LogP contribution in [0.25, 0.3) is 0 Å². The Balaban J connectivity index is 2.19. The molecule has 0 radical (unpaired) electrons. The number of rotatable bonds is 5. The van der Waals surface area contributed by atoms with Gasteiger partial charge in [-0.2, -0.15) is 0 Å². The minimum atomic E-state index is -0.289. The quantitative estimate of drug-likeness (QED) is 0.765. The highest BCUT2D eigenvalue weighted by atomic mass is 16.5. The van der Waals surface area contributed by atoms with Gasteiger partial charge in [-0.3, -0.25) is 4.90 Å². The Morgan fingerprint density at radius 2 is 1.89 bits per heavy atom. The van der Waals surface area contributed by atoms with Gasteiger partial charge in [0.1, 0.15) is 11.8 Å². The van der Waals surface area contributed by atoms with Crippen LogP contribution in [-0.2, 0) is 9.53 Å². The van der Waals surface area contributed by atoms with Crippen LogP contribution >= 0.6 is 0 Å². The third-order valence-electron chi connectivity index (χ3n) is 3.44. The molecule has 4 heteroatoms. The molecular formula is C15H21NO3. The molecule has 1 heterocycles. The summed E-state index contributed by atoms with van der Waals surface area (Å²) in [5, 5.41) is 0. The third kappa shape index (κ3) is 3.26. The fourth-order valence-electron chi connectivity index (χ4n) is 2.52. The van der Waals surface area contributed by atoms with Gasteiger partial charge in [0, 0.05) is 0 Å². The predicted molar refractivity (Wildman–Crippen MR) is 73.2 cm³/mol. The van der Waals surface area contributed by atoms with Crippen molar-refractivity contribution in [2.45, 2.75) is 25.8 Å². The monoisotopic (exact) mass is 263 g/mol. The number of nitrogens with zero attached hydrogens (tertiary/aromatic N) is 1. The van der Waals surface area contributed by atoms with E-state index in [1.165, 1.54) is 7.11 Å². The molecule has 104 valence electrons. The molecule has 2 rings (SSSR count). The Hall–Kier alpha value is -1.55. The molecule has 1 aliphatic rings. The standard InChI is InChI=1S/C15H21NO3/c1-3-19-13-8-6-12(7-9-13)14(15(17)18-2)16-10-4-5-11-16/h6-9,14H,3-5,10-11H2,1-2H3. The van der Waals surface area contributed by atoms with Gasteiger partial charge in [0.05, 0.1) is 13.7 Å². The molecule has 1 aromatic carbocycles. The molecule has 1 aromatic rings. The minimum Gasteiger partial charge on any atom is -0.494 e. The summed E-state index contributed by atoms with van der Waals surface area (Å²) in [6.45, 7) is 4.50. The topological polar surface area (TPSA) is 38.8 Å². The van der Waals surface area contributed by atoms with Gasteiger partial charge >= 0.3 is 5.97 Å². The number of likely N-dealkylation sites (tertiary alicyclic amines) is 1. The Morgan fingerprint density at radius 1 is 1.26 bits per heavy atom. The Morgan fingerprint density at radius 3 is 2.42 bits per heavy atom. The maximum atomic E-state index is 12.0. The van der Waals surface area contributed by atoms with E-state index in [-0.39, 0.29) is 12.0 Å². The third-order valence-corrected chi connectivity index (χ3v) is 3.44. The van der Waals surface area contributed by atoms with Crippen molar-refractivity contribution < 1.29 is 14.3 Å². The Labute approximate surface area is 114 Å². The van der Waals surface area contributed by atoms with Gasteiger partial charge in [-0.25, -0.2) is 4.79 Å². The van der Waals surface area contributed by atoms with E-state index in [9.17, 15) is 4.79 Å². The zero-order chi connectivity index (χ0) is 13.7. The van der Waals surface area contributed by atoms with E-state index in [0.717, 1.165) is 37.2 Å². The lowest BCUT2D eigenvalue weighted by atomic mass is 10.1. The summed E-state index contributed by atoms with van der Waals surface area (Å²) in [6.07, 6.45) is 2.29. The maximum Gasteiger partial charge on any atom is 0.327 e. The number of esters is 1. The van der Waals surface area contributed by atoms with Crippen molar-refractivity contribution in [1.82, 2.24) is 4.90 Å². The van der Waals surface area contributed by atoms with Crippen molar-refractivity contribution in [3.63, 3.8) is 0 Å². The SMILES string of the molecule is CCOc1ccc(C(C(=O)OC)N2CCCC2)cc1. The molecule has 0 aromatic heterocycles. The smallest absolute Gasteiger partial charge is 0.327 e. The van der Waals surface area contributed by atoms with Crippen LogP contribution in [0.15, 0.2) is 24.3 Å². The fraction of sp³-hybridized carbons (Fsp3) is 0.533. The lowest BCUT2D eigenvalue weighted by Gasteiger charge is -2.25. The number of methoxy groups -OCH3 is 1. The molecule has 0 N–H and O–H groups in total. The summed E-state index contributed by atoms with van der Waals surface area (Å²) >= 11 is 0. The number of benzene rings is 1. The molecule has 1 unspecified atom stereocenters. The van der Waals surface area contributed by atoms with Crippen molar-refractivity contribution in [2.24, 2.45) is 0 Å². The summed E-state index contributed by atoms with van der Waals surface area (Å²) in [5.74, 6) is 0.641. The second-order valence-electron chi connectivity index (χ2n) is 4.67. The van der Waals surface area contributed by atoms with Gasteiger partial charge in [-0.15, -0.1) is 0 Å². The zero-order valence-corrected chi connectivity index (χ0v) is 11.6. The molecule has 1 fully saturated rings. The first-order valence-corrected chi connectivity index (χ1v) is 6.81. The van der Waals surface area contributed by atoms with Gasteiger partial charge < -0.3 is 9.47 Å². The molecule has 19 heavy (non-hydrogen) atoms. The first kappa shape index (κ1) is 13.9. The van der Waals surface area contributed by atoms with E-state index in [1.807, 2.05) is 31.2 Å². The van der Waals surface area contributed by atoms with Crippen LogP contribution in [0.3, 0.4) is 0 Å². The average Bonchev–Trinajstić information content (AvgIpc) is 2.95. The van der Waals surface area contributed by atoms with E-state index in [0.29, 0.717) is 6.61 Å². The largest absolute Gasteiger partial charge is 0.494 e. The highest BCUT2D eigenvalue weighted by molar-refractivity contribution is 5.77. The minimum absolute atomic E-state index is 0.189. The van der Waals surface area contributed by atoms with Crippen molar-refractivity contribution in [2.75, 3.05) is 26.8 Å². The van der Waals surface area contributed by atoms with E-state index < -0.39 is 0 Å². The van der Waals surface area contributed by atoms with Crippen molar-refractivity contribution >= 4 is 5.97 Å². The summed E-state index contributed by atoms with van der Waals surface area (Å²) in [4.78, 5) is 14.2. The molecule has 0 aliphatic carbocycles. The predicted octanol–water partition coefficient (Wildman–Crippen LogP) is 2.40. The number of hydrogen-bond donors (Lipinski definition) is 0. The number of carbonyl (C=O) groups excluding carboxylic acids is 1. The van der Waals surface area contributed by atoms with Crippen LogP contribution in [-0.4, -0.2) is 37.7 Å². The normalized spacial score (nSPS) is 17.2. The van der Waals surface area contributed by atoms with E-state index in [2.05, 4.69) is 4.90 Å². The van der Waals surface area contributed by atoms with Gasteiger partial charge in [-0.05, 0) is 50.6 Å². The van der Waals surface area contributed by atoms with E-state index in [4.69, 9.17) is 9.47 Å². The number of hydrogen-bond acceptors (Lipinski definition) is 4. The fourth-order valence-corrected chi connectivity index (χ4v) is 2.52. The second-order valence-corrected chi connectivity index (χ2v) is 4.67. The zero-order valence-electron chi connectivity index (χ0n) is 11.6. The molecule has 0 amide bonds. The molecular weight excluding hydrogens is 242 g/mol. The van der Waals surface area contributed by atoms with E-state index in [1.54, 1.807) is 0 Å². The molecule has 1 atom stereocenters. The maximum absolute atomic E-state index is 12.0. The van der Waals surface area contributed by atoms with Gasteiger partial charge in [-0.1, -0.05) is 12.1 Å². The highest BCUT2D eigenvalue weighted by Crippen LogP contribution is 2.27. The summed E-state index contributed by atoms with van der Waals surface area (Å²) in [5.41, 5.74) is 0.970. The summed E-state index contributed by atoms with van der Waals surface area (Å²) < 4.78 is 10.4. The molecule has 0 spiro atoms. The average molecular weight is 263 g/mol. The Bertz CT molecular complexity index is 410. The molecule has 1 aliphatic heterocycles. The molecule has 0 saturated carbocycles. The highest BCUT2D eigenvalue weighted by Gasteiger charge is 2.30. The lowest BCUT2D eigenvalue weighted by molar-refractivity contribution is -0.146. The van der Waals surface area contributed by atoms with Crippen molar-refractivity contribution in [1.29, 1.82) is 0 Å². The van der Waals surface area contributed by atoms with Crippen LogP contribution in [0.5, 0.6) is 5.75 Å². The first-order valence-electron chi connectivity index (χ1n) is 6.81. The van der Waals surface area contributed by atoms with Crippen LogP contribution in [0.1, 0.15) is 31.4 Å². The van der Waals surface area contributed by atoms with Gasteiger partial charge in [0.25, 0.3) is 0 Å². The summed E-state index contributed by atoms with van der Waals surface area (Å²) in [6, 6.07) is 7.43. The number of carbonyl (C=O) groups is 1. The second kappa shape index (κ2) is 6.57. The molecule has 0 bridgehead atoms. The van der Waals surface area contributed by atoms with Crippen LogP contribution < -0.4 is 4.74 Å².